The lowest BCUT2D eigenvalue weighted by molar-refractivity contribution is -0.444. The van der Waals surface area contributed by atoms with Gasteiger partial charge in [0.05, 0.1) is 11.1 Å². The van der Waals surface area contributed by atoms with Crippen molar-refractivity contribution in [1.29, 1.82) is 0 Å². The number of benzene rings is 1. The van der Waals surface area contributed by atoms with E-state index in [1.54, 1.807) is 0 Å². The number of hydrogen-bond acceptors (Lipinski definition) is 2. The molecule has 3 rings (SSSR count). The van der Waals surface area contributed by atoms with Crippen LogP contribution in [0.3, 0.4) is 0 Å². The molecule has 1 aromatic rings. The van der Waals surface area contributed by atoms with Crippen LogP contribution >= 0.6 is 0 Å². The largest absolute Gasteiger partial charge is 0.275 e. The molecule has 2 aliphatic heterocycles. The van der Waals surface area contributed by atoms with Crippen LogP contribution in [-0.4, -0.2) is 37.9 Å². The second-order valence-corrected chi connectivity index (χ2v) is 6.51. The SMILES string of the molecule is CC(C)(C)c1cc(C2=[NH+]CCN2)cc(C2=[NH+]CCN2)c1. The molecule has 0 bridgehead atoms. The van der Waals surface area contributed by atoms with Gasteiger partial charge in [-0.1, -0.05) is 20.8 Å². The van der Waals surface area contributed by atoms with Crippen LogP contribution in [0.4, 0.5) is 0 Å². The molecule has 4 N–H and O–H groups in total. The van der Waals surface area contributed by atoms with Gasteiger partial charge < -0.3 is 0 Å². The van der Waals surface area contributed by atoms with Gasteiger partial charge in [-0.05, 0) is 29.2 Å². The zero-order valence-electron chi connectivity index (χ0n) is 12.6. The van der Waals surface area contributed by atoms with Crippen LogP contribution in [0.5, 0.6) is 0 Å². The maximum Gasteiger partial charge on any atom is 0.275 e. The number of nitrogens with one attached hydrogen (secondary N) is 4. The minimum atomic E-state index is 0.142. The Kier molecular flexibility index (Phi) is 3.24. The Morgan fingerprint density at radius 3 is 1.70 bits per heavy atom. The minimum Gasteiger partial charge on any atom is -0.270 e. The zero-order chi connectivity index (χ0) is 14.2. The number of amidine groups is 2. The van der Waals surface area contributed by atoms with Crippen LogP contribution in [0.2, 0.25) is 0 Å². The summed E-state index contributed by atoms with van der Waals surface area (Å²) in [5, 5.41) is 6.85. The number of hydrogen-bond donors (Lipinski definition) is 4. The molecule has 20 heavy (non-hydrogen) atoms. The predicted octanol–water partition coefficient (Wildman–Crippen LogP) is -2.16. The third-order valence-electron chi connectivity index (χ3n) is 3.83. The first-order valence-corrected chi connectivity index (χ1v) is 7.40. The van der Waals surface area contributed by atoms with E-state index in [4.69, 9.17) is 0 Å². The van der Waals surface area contributed by atoms with Gasteiger partial charge in [-0.2, -0.15) is 0 Å². The van der Waals surface area contributed by atoms with Gasteiger partial charge in [0.1, 0.15) is 26.2 Å². The summed E-state index contributed by atoms with van der Waals surface area (Å²) < 4.78 is 0. The summed E-state index contributed by atoms with van der Waals surface area (Å²) in [5.41, 5.74) is 3.99. The molecular formula is C16H24N4+2. The van der Waals surface area contributed by atoms with E-state index >= 15 is 0 Å². The Balaban J connectivity index is 2.07. The third-order valence-corrected chi connectivity index (χ3v) is 3.83. The molecule has 0 spiro atoms. The summed E-state index contributed by atoms with van der Waals surface area (Å²) in [5.74, 6) is 2.30. The summed E-state index contributed by atoms with van der Waals surface area (Å²) in [6.07, 6.45) is 0. The maximum atomic E-state index is 3.42. The van der Waals surface area contributed by atoms with E-state index in [9.17, 15) is 0 Å². The Bertz CT molecular complexity index is 536. The van der Waals surface area contributed by atoms with Gasteiger partial charge in [0.15, 0.2) is 0 Å². The molecule has 0 fully saturated rings. The molecule has 0 unspecified atom stereocenters. The molecule has 0 aliphatic carbocycles. The first-order valence-electron chi connectivity index (χ1n) is 7.40. The third kappa shape index (κ3) is 2.55. The predicted molar refractivity (Wildman–Crippen MR) is 81.0 cm³/mol. The quantitative estimate of drug-likeness (QED) is 0.496. The van der Waals surface area contributed by atoms with Crippen molar-refractivity contribution in [3.05, 3.63) is 34.9 Å². The van der Waals surface area contributed by atoms with Gasteiger partial charge in [-0.3, -0.25) is 20.6 Å². The summed E-state index contributed by atoms with van der Waals surface area (Å²) in [4.78, 5) is 6.85. The van der Waals surface area contributed by atoms with Crippen molar-refractivity contribution in [2.24, 2.45) is 0 Å². The molecule has 0 amide bonds. The summed E-state index contributed by atoms with van der Waals surface area (Å²) >= 11 is 0. The molecular weight excluding hydrogens is 248 g/mol. The van der Waals surface area contributed by atoms with Crippen molar-refractivity contribution in [2.75, 3.05) is 26.2 Å². The van der Waals surface area contributed by atoms with Crippen LogP contribution < -0.4 is 20.6 Å². The molecule has 0 saturated heterocycles. The Morgan fingerprint density at radius 2 is 1.35 bits per heavy atom. The van der Waals surface area contributed by atoms with Crippen molar-refractivity contribution in [1.82, 2.24) is 10.6 Å². The van der Waals surface area contributed by atoms with Gasteiger partial charge in [-0.25, -0.2) is 0 Å². The molecule has 4 heteroatoms. The Labute approximate surface area is 120 Å². The highest BCUT2D eigenvalue weighted by Crippen LogP contribution is 2.24. The van der Waals surface area contributed by atoms with Crippen LogP contribution in [0, 0.1) is 0 Å². The van der Waals surface area contributed by atoms with E-state index in [-0.39, 0.29) is 5.41 Å². The van der Waals surface area contributed by atoms with E-state index in [2.05, 4.69) is 59.6 Å². The number of rotatable bonds is 2. The molecule has 0 aromatic heterocycles. The minimum absolute atomic E-state index is 0.142. The first-order chi connectivity index (χ1) is 9.54. The molecule has 0 atom stereocenters. The molecule has 0 saturated carbocycles. The highest BCUT2D eigenvalue weighted by Gasteiger charge is 2.24. The lowest BCUT2D eigenvalue weighted by atomic mass is 9.84. The summed E-state index contributed by atoms with van der Waals surface area (Å²) in [6, 6.07) is 6.83. The monoisotopic (exact) mass is 272 g/mol. The standard InChI is InChI=1S/C16H22N4/c1-16(2,3)13-9-11(14-17-4-5-18-14)8-12(10-13)15-19-6-7-20-15/h8-10H,4-7H2,1-3H3,(H,17,18)(H,19,20)/p+2. The normalized spacial score (nSPS) is 18.4. The van der Waals surface area contributed by atoms with E-state index < -0.39 is 0 Å². The Morgan fingerprint density at radius 1 is 0.850 bits per heavy atom. The van der Waals surface area contributed by atoms with Gasteiger partial charge in [-0.15, -0.1) is 0 Å². The van der Waals surface area contributed by atoms with Crippen molar-refractivity contribution in [2.45, 2.75) is 26.2 Å². The molecule has 1 aromatic carbocycles. The molecule has 0 radical (unpaired) electrons. The van der Waals surface area contributed by atoms with Crippen LogP contribution in [0.15, 0.2) is 18.2 Å². The van der Waals surface area contributed by atoms with Crippen molar-refractivity contribution in [3.8, 4) is 0 Å². The summed E-state index contributed by atoms with van der Waals surface area (Å²) in [7, 11) is 0. The topological polar surface area (TPSA) is 52.0 Å². The lowest BCUT2D eigenvalue weighted by Gasteiger charge is -2.20. The van der Waals surface area contributed by atoms with E-state index in [0.29, 0.717) is 0 Å². The van der Waals surface area contributed by atoms with Crippen molar-refractivity contribution < 1.29 is 9.98 Å². The maximum absolute atomic E-state index is 3.42. The molecule has 106 valence electrons. The van der Waals surface area contributed by atoms with Gasteiger partial charge >= 0.3 is 0 Å². The highest BCUT2D eigenvalue weighted by atomic mass is 15.1. The van der Waals surface area contributed by atoms with Gasteiger partial charge in [0.25, 0.3) is 11.7 Å². The Hall–Kier alpha value is -1.84. The van der Waals surface area contributed by atoms with Crippen molar-refractivity contribution in [3.63, 3.8) is 0 Å². The van der Waals surface area contributed by atoms with Gasteiger partial charge in [0.2, 0.25) is 0 Å². The zero-order valence-corrected chi connectivity index (χ0v) is 12.6. The van der Waals surface area contributed by atoms with Crippen LogP contribution in [-0.2, 0) is 5.41 Å². The second kappa shape index (κ2) is 4.93. The van der Waals surface area contributed by atoms with Crippen LogP contribution in [0.1, 0.15) is 37.5 Å². The molecule has 2 heterocycles. The van der Waals surface area contributed by atoms with E-state index in [0.717, 1.165) is 37.9 Å². The first kappa shape index (κ1) is 13.2. The second-order valence-electron chi connectivity index (χ2n) is 6.51. The average molecular weight is 272 g/mol. The summed E-state index contributed by atoms with van der Waals surface area (Å²) in [6.45, 7) is 10.8. The fourth-order valence-electron chi connectivity index (χ4n) is 2.63. The van der Waals surface area contributed by atoms with Crippen molar-refractivity contribution >= 4 is 11.7 Å². The average Bonchev–Trinajstić information content (AvgIpc) is 3.10. The smallest absolute Gasteiger partial charge is 0.270 e. The van der Waals surface area contributed by atoms with Gasteiger partial charge in [0, 0.05) is 0 Å². The van der Waals surface area contributed by atoms with Crippen LogP contribution in [0.25, 0.3) is 0 Å². The molecule has 2 aliphatic rings. The fraction of sp³-hybridized carbons (Fsp3) is 0.500. The highest BCUT2D eigenvalue weighted by molar-refractivity contribution is 6.00. The van der Waals surface area contributed by atoms with E-state index in [1.165, 1.54) is 16.7 Å². The fourth-order valence-corrected chi connectivity index (χ4v) is 2.63. The van der Waals surface area contributed by atoms with E-state index in [1.807, 2.05) is 0 Å². The molecule has 4 nitrogen and oxygen atoms in total. The lowest BCUT2D eigenvalue weighted by Crippen LogP contribution is -2.71.